The van der Waals surface area contributed by atoms with Crippen molar-refractivity contribution in [2.45, 2.75) is 166 Å². The fourth-order valence-electron chi connectivity index (χ4n) is 7.70. The Balaban J connectivity index is 2.25. The first-order valence-electron chi connectivity index (χ1n) is 24.2. The second kappa shape index (κ2) is 30.2. The third-order valence-electron chi connectivity index (χ3n) is 11.8. The molecule has 0 spiro atoms. The van der Waals surface area contributed by atoms with Crippen LogP contribution in [0.25, 0.3) is 0 Å². The molecule has 1 aromatic carbocycles. The van der Waals surface area contributed by atoms with Crippen LogP contribution >= 0.6 is 0 Å². The van der Waals surface area contributed by atoms with E-state index in [1.807, 2.05) is 0 Å². The molecular weight excluding hydrogens is 961 g/mol. The molecule has 1 saturated heterocycles. The molecule has 1 fully saturated rings. The van der Waals surface area contributed by atoms with E-state index in [1.54, 1.807) is 13.8 Å². The van der Waals surface area contributed by atoms with Crippen LogP contribution in [0.15, 0.2) is 24.3 Å². The number of hydrogen-bond acceptors (Lipinski definition) is 15. The van der Waals surface area contributed by atoms with Gasteiger partial charge >= 0.3 is 17.9 Å². The molecule has 16 N–H and O–H groups in total. The molecule has 73 heavy (non-hydrogen) atoms. The Kier molecular flexibility index (Phi) is 25.7. The highest BCUT2D eigenvalue weighted by Gasteiger charge is 2.40. The SMILES string of the molecule is CC(C)C[C@H](NC(=O)[C@H](Cc1ccc(O)cc1)NC(=O)[C@@H](N)[C@@H](C)O)C(=O)N1CCC[C@H]1C(=O)N[C@@H](C)C(=O)N[C@H](C(=O)N[C@@H](CC(=O)O)C(=O)N[C@@H](CCC(=O)O)C(=O)N[C@@H](CCCCN)C(=O)O)C(C)C. The fourth-order valence-corrected chi connectivity index (χ4v) is 7.70. The summed E-state index contributed by atoms with van der Waals surface area (Å²) in [6, 6.07) is -6.97. The van der Waals surface area contributed by atoms with Crippen molar-refractivity contribution in [3.05, 3.63) is 29.8 Å². The third kappa shape index (κ3) is 21.0. The first kappa shape index (κ1) is 62.2. The largest absolute Gasteiger partial charge is 0.508 e. The third-order valence-corrected chi connectivity index (χ3v) is 11.8. The molecule has 0 bridgehead atoms. The van der Waals surface area contributed by atoms with Gasteiger partial charge in [0.05, 0.1) is 12.5 Å². The van der Waals surface area contributed by atoms with E-state index in [0.717, 1.165) is 0 Å². The zero-order chi connectivity index (χ0) is 55.3. The number of rotatable bonds is 31. The second-order valence-electron chi connectivity index (χ2n) is 18.9. The van der Waals surface area contributed by atoms with Gasteiger partial charge in [-0.2, -0.15) is 0 Å². The van der Waals surface area contributed by atoms with Crippen molar-refractivity contribution in [1.82, 2.24) is 42.1 Å². The topological polar surface area (TPSA) is 428 Å². The summed E-state index contributed by atoms with van der Waals surface area (Å²) in [5.74, 6) is -12.5. The van der Waals surface area contributed by atoms with E-state index in [9.17, 15) is 78.3 Å². The molecule has 0 saturated carbocycles. The van der Waals surface area contributed by atoms with Gasteiger partial charge in [0.25, 0.3) is 0 Å². The molecule has 26 nitrogen and oxygen atoms in total. The van der Waals surface area contributed by atoms with Crippen LogP contribution in [0.2, 0.25) is 0 Å². The molecule has 1 aromatic rings. The van der Waals surface area contributed by atoms with Crippen LogP contribution < -0.4 is 48.7 Å². The molecule has 26 heteroatoms. The summed E-state index contributed by atoms with van der Waals surface area (Å²) in [5.41, 5.74) is 11.8. The number of carbonyl (C=O) groups is 11. The van der Waals surface area contributed by atoms with E-state index in [-0.39, 0.29) is 50.4 Å². The zero-order valence-electron chi connectivity index (χ0n) is 42.1. The molecule has 1 aliphatic rings. The van der Waals surface area contributed by atoms with E-state index in [4.69, 9.17) is 11.5 Å². The normalized spacial score (nSPS) is 17.0. The van der Waals surface area contributed by atoms with Crippen molar-refractivity contribution < 1.29 is 78.3 Å². The first-order valence-corrected chi connectivity index (χ1v) is 24.2. The van der Waals surface area contributed by atoms with E-state index in [0.29, 0.717) is 24.8 Å². The number of benzene rings is 1. The van der Waals surface area contributed by atoms with Gasteiger partial charge in [0.1, 0.15) is 60.1 Å². The Bertz CT molecular complexity index is 2110. The standard InChI is InChI=1S/C47H74N10O16/c1-23(2)20-33(55-41(66)31(53-44(69)37(49)26(6)58)21-27-12-14-28(59)15-13-27)46(71)57-19-9-11-34(57)43(68)50-25(5)39(64)56-38(24(3)4)45(70)54-32(22-36(62)63)42(67)51-29(16-17-35(60)61)40(65)52-30(47(72)73)10-7-8-18-48/h12-15,23-26,29-34,37-38,58-59H,7-11,16-22,48-49H2,1-6H3,(H,50,68)(H,51,67)(H,52,65)(H,53,69)(H,54,70)(H,55,66)(H,56,64)(H,60,61)(H,62,63)(H,72,73)/t25-,26+,29-,30-,31-,32-,33-,34-,37-,38-/m0/s1. The lowest BCUT2D eigenvalue weighted by molar-refractivity contribution is -0.144. The van der Waals surface area contributed by atoms with Crippen molar-refractivity contribution >= 4 is 65.2 Å². The number of aromatic hydroxyl groups is 1. The minimum absolute atomic E-state index is 0.0406. The number of aliphatic hydroxyl groups excluding tert-OH is 1. The van der Waals surface area contributed by atoms with Crippen LogP contribution in [-0.4, -0.2) is 169 Å². The number of likely N-dealkylation sites (tertiary alicyclic amines) is 1. The number of nitrogens with one attached hydrogen (secondary N) is 7. The minimum atomic E-state index is -1.90. The van der Waals surface area contributed by atoms with Crippen LogP contribution in [0.5, 0.6) is 5.75 Å². The van der Waals surface area contributed by atoms with Crippen LogP contribution in [0.3, 0.4) is 0 Å². The second-order valence-corrected chi connectivity index (χ2v) is 18.9. The lowest BCUT2D eigenvalue weighted by atomic mass is 10.00. The lowest BCUT2D eigenvalue weighted by Gasteiger charge is -2.31. The number of phenolic OH excluding ortho intramolecular Hbond substituents is 1. The number of aliphatic hydroxyl groups is 1. The number of carboxylic acid groups (broad SMARTS) is 3. The Morgan fingerprint density at radius 3 is 1.77 bits per heavy atom. The fraction of sp³-hybridized carbons (Fsp3) is 0.638. The Labute approximate surface area is 422 Å². The predicted octanol–water partition coefficient (Wildman–Crippen LogP) is -2.70. The van der Waals surface area contributed by atoms with E-state index in [2.05, 4.69) is 37.2 Å². The van der Waals surface area contributed by atoms with Gasteiger partial charge in [-0.05, 0) is 94.9 Å². The quantitative estimate of drug-likeness (QED) is 0.0337. The van der Waals surface area contributed by atoms with E-state index < -0.39 is 151 Å². The lowest BCUT2D eigenvalue weighted by Crippen LogP contribution is -2.61. The Morgan fingerprint density at radius 1 is 0.658 bits per heavy atom. The number of nitrogens with two attached hydrogens (primary N) is 2. The van der Waals surface area contributed by atoms with Gasteiger partial charge < -0.3 is 79.1 Å². The van der Waals surface area contributed by atoms with Crippen molar-refractivity contribution in [1.29, 1.82) is 0 Å². The van der Waals surface area contributed by atoms with Gasteiger partial charge in [-0.25, -0.2) is 4.79 Å². The smallest absolute Gasteiger partial charge is 0.326 e. The molecular formula is C47H74N10O16. The number of hydrogen-bond donors (Lipinski definition) is 14. The summed E-state index contributed by atoms with van der Waals surface area (Å²) < 4.78 is 0. The minimum Gasteiger partial charge on any atom is -0.508 e. The average Bonchev–Trinajstić information content (AvgIpc) is 3.81. The number of unbranched alkanes of at least 4 members (excludes halogenated alkanes) is 1. The summed E-state index contributed by atoms with van der Waals surface area (Å²) in [6.45, 7) is 9.59. The van der Waals surface area contributed by atoms with Crippen LogP contribution in [0.4, 0.5) is 0 Å². The number of phenols is 1. The predicted molar refractivity (Wildman–Crippen MR) is 259 cm³/mol. The van der Waals surface area contributed by atoms with Gasteiger partial charge in [-0.15, -0.1) is 0 Å². The zero-order valence-corrected chi connectivity index (χ0v) is 42.1. The molecule has 0 aliphatic carbocycles. The van der Waals surface area contributed by atoms with Gasteiger partial charge in [0.15, 0.2) is 0 Å². The number of nitrogens with zero attached hydrogens (tertiary/aromatic N) is 1. The van der Waals surface area contributed by atoms with Gasteiger partial charge in [-0.3, -0.25) is 47.9 Å². The summed E-state index contributed by atoms with van der Waals surface area (Å²) in [7, 11) is 0. The van der Waals surface area contributed by atoms with Gasteiger partial charge in [0.2, 0.25) is 47.3 Å². The first-order chi connectivity index (χ1) is 34.2. The van der Waals surface area contributed by atoms with Crippen molar-refractivity contribution in [2.75, 3.05) is 13.1 Å². The molecule has 1 heterocycles. The summed E-state index contributed by atoms with van der Waals surface area (Å²) >= 11 is 0. The van der Waals surface area contributed by atoms with Crippen molar-refractivity contribution in [3.8, 4) is 5.75 Å². The number of aliphatic carboxylic acids is 3. The number of amides is 8. The highest BCUT2D eigenvalue weighted by Crippen LogP contribution is 2.21. The number of carbonyl (C=O) groups excluding carboxylic acids is 8. The van der Waals surface area contributed by atoms with Gasteiger partial charge in [0, 0.05) is 19.4 Å². The molecule has 408 valence electrons. The highest BCUT2D eigenvalue weighted by molar-refractivity contribution is 5.99. The molecule has 10 atom stereocenters. The van der Waals surface area contributed by atoms with Crippen LogP contribution in [0, 0.1) is 11.8 Å². The van der Waals surface area contributed by atoms with Crippen LogP contribution in [-0.2, 0) is 59.2 Å². The summed E-state index contributed by atoms with van der Waals surface area (Å²) in [5, 5.41) is 65.2. The van der Waals surface area contributed by atoms with Crippen molar-refractivity contribution in [2.24, 2.45) is 23.3 Å². The van der Waals surface area contributed by atoms with Crippen LogP contribution in [0.1, 0.15) is 105 Å². The maximum absolute atomic E-state index is 14.3. The van der Waals surface area contributed by atoms with Crippen molar-refractivity contribution in [3.63, 3.8) is 0 Å². The Morgan fingerprint density at radius 2 is 1.22 bits per heavy atom. The summed E-state index contributed by atoms with van der Waals surface area (Å²) in [6.07, 6.45) is -2.25. The average molecular weight is 1040 g/mol. The van der Waals surface area contributed by atoms with E-state index >= 15 is 0 Å². The maximum atomic E-state index is 14.3. The molecule has 2 rings (SSSR count). The molecule has 8 amide bonds. The monoisotopic (exact) mass is 1030 g/mol. The Hall–Kier alpha value is -6.93. The summed E-state index contributed by atoms with van der Waals surface area (Å²) in [4.78, 5) is 145. The molecule has 0 radical (unpaired) electrons. The molecule has 0 unspecified atom stereocenters. The maximum Gasteiger partial charge on any atom is 0.326 e. The molecule has 0 aromatic heterocycles. The highest BCUT2D eigenvalue weighted by atomic mass is 16.4. The van der Waals surface area contributed by atoms with E-state index in [1.165, 1.54) is 56.9 Å². The molecule has 1 aliphatic heterocycles. The van der Waals surface area contributed by atoms with Gasteiger partial charge in [-0.1, -0.05) is 39.8 Å². The number of carboxylic acids is 3.